The van der Waals surface area contributed by atoms with Gasteiger partial charge < -0.3 is 21.3 Å². The van der Waals surface area contributed by atoms with E-state index in [1.165, 1.54) is 18.2 Å². The molecule has 0 spiro atoms. The first-order chi connectivity index (χ1) is 9.46. The highest BCUT2D eigenvalue weighted by atomic mass is 16.4. The Morgan fingerprint density at radius 1 is 1.35 bits per heavy atom. The normalized spacial score (nSPS) is 16.2. The average molecular weight is 278 g/mol. The molecule has 1 amide bonds. The Hall–Kier alpha value is -2.08. The number of carbonyl (C=O) groups excluding carboxylic acids is 1. The summed E-state index contributed by atoms with van der Waals surface area (Å²) in [4.78, 5) is 22.7. The number of carboxylic acid groups (broad SMARTS) is 1. The van der Waals surface area contributed by atoms with Gasteiger partial charge in [0.25, 0.3) is 0 Å². The number of aromatic hydroxyl groups is 1. The molecular formula is C14H18N2O4. The highest BCUT2D eigenvalue weighted by Gasteiger charge is 2.37. The van der Waals surface area contributed by atoms with Crippen LogP contribution in [0.25, 0.3) is 0 Å². The molecule has 1 aliphatic carbocycles. The third-order valence-corrected chi connectivity index (χ3v) is 3.89. The van der Waals surface area contributed by atoms with E-state index in [4.69, 9.17) is 10.8 Å². The fourth-order valence-electron chi connectivity index (χ4n) is 2.47. The molecule has 6 heteroatoms. The maximum atomic E-state index is 11.9. The number of carbonyl (C=O) groups is 2. The molecule has 0 atom stereocenters. The van der Waals surface area contributed by atoms with Gasteiger partial charge in [-0.15, -0.1) is 0 Å². The molecule has 0 aliphatic heterocycles. The molecule has 108 valence electrons. The van der Waals surface area contributed by atoms with Gasteiger partial charge in [-0.25, -0.2) is 4.79 Å². The number of hydrogen-bond donors (Lipinski definition) is 4. The van der Waals surface area contributed by atoms with E-state index in [1.54, 1.807) is 0 Å². The maximum Gasteiger partial charge on any atom is 0.339 e. The minimum absolute atomic E-state index is 0.0901. The monoisotopic (exact) mass is 278 g/mol. The van der Waals surface area contributed by atoms with Crippen LogP contribution in [0.1, 0.15) is 36.0 Å². The lowest BCUT2D eigenvalue weighted by Gasteiger charge is -2.40. The molecule has 2 rings (SSSR count). The molecule has 0 unspecified atom stereocenters. The Bertz CT molecular complexity index is 532. The minimum atomic E-state index is -1.21. The van der Waals surface area contributed by atoms with Crippen molar-refractivity contribution in [1.29, 1.82) is 0 Å². The minimum Gasteiger partial charge on any atom is -0.507 e. The zero-order valence-electron chi connectivity index (χ0n) is 11.1. The Morgan fingerprint density at radius 2 is 2.05 bits per heavy atom. The van der Waals surface area contributed by atoms with Crippen molar-refractivity contribution in [3.05, 3.63) is 23.8 Å². The summed E-state index contributed by atoms with van der Waals surface area (Å²) in [5.41, 5.74) is 5.80. The van der Waals surface area contributed by atoms with Crippen LogP contribution in [0, 0.1) is 5.41 Å². The summed E-state index contributed by atoms with van der Waals surface area (Å²) < 4.78 is 0. The number of amides is 1. The summed E-state index contributed by atoms with van der Waals surface area (Å²) >= 11 is 0. The number of benzene rings is 1. The van der Waals surface area contributed by atoms with Crippen LogP contribution in [0.2, 0.25) is 0 Å². The number of nitrogens with two attached hydrogens (primary N) is 1. The van der Waals surface area contributed by atoms with E-state index >= 15 is 0 Å². The van der Waals surface area contributed by atoms with Crippen LogP contribution >= 0.6 is 0 Å². The van der Waals surface area contributed by atoms with E-state index in [9.17, 15) is 14.7 Å². The summed E-state index contributed by atoms with van der Waals surface area (Å²) in [5, 5.41) is 21.0. The maximum absolute atomic E-state index is 11.9. The number of anilines is 1. The van der Waals surface area contributed by atoms with Gasteiger partial charge in [-0.1, -0.05) is 6.42 Å². The number of nitrogens with one attached hydrogen (secondary N) is 1. The van der Waals surface area contributed by atoms with Crippen LogP contribution in [-0.2, 0) is 4.79 Å². The summed E-state index contributed by atoms with van der Waals surface area (Å²) in [6.07, 6.45) is 3.36. The predicted octanol–water partition coefficient (Wildman–Crippen LogP) is 1.55. The number of phenols is 1. The number of hydrogen-bond acceptors (Lipinski definition) is 4. The number of carboxylic acids is 1. The Morgan fingerprint density at radius 3 is 2.50 bits per heavy atom. The van der Waals surface area contributed by atoms with Crippen LogP contribution in [0.15, 0.2) is 18.2 Å². The van der Waals surface area contributed by atoms with Crippen molar-refractivity contribution in [2.45, 2.75) is 25.7 Å². The highest BCUT2D eigenvalue weighted by molar-refractivity contribution is 5.94. The second-order valence-electron chi connectivity index (χ2n) is 5.32. The van der Waals surface area contributed by atoms with Crippen molar-refractivity contribution in [2.75, 3.05) is 11.9 Å². The molecule has 1 aliphatic rings. The molecule has 1 aromatic carbocycles. The van der Waals surface area contributed by atoms with Gasteiger partial charge in [0.1, 0.15) is 11.3 Å². The van der Waals surface area contributed by atoms with Crippen molar-refractivity contribution < 1.29 is 19.8 Å². The molecule has 0 aromatic heterocycles. The van der Waals surface area contributed by atoms with Crippen molar-refractivity contribution in [3.63, 3.8) is 0 Å². The van der Waals surface area contributed by atoms with Gasteiger partial charge in [0.05, 0.1) is 0 Å². The molecule has 1 aromatic rings. The number of aromatic carboxylic acids is 1. The molecule has 0 radical (unpaired) electrons. The van der Waals surface area contributed by atoms with E-state index in [0.29, 0.717) is 18.7 Å². The van der Waals surface area contributed by atoms with E-state index in [-0.39, 0.29) is 22.6 Å². The highest BCUT2D eigenvalue weighted by Crippen LogP contribution is 2.43. The largest absolute Gasteiger partial charge is 0.507 e. The fourth-order valence-corrected chi connectivity index (χ4v) is 2.47. The van der Waals surface area contributed by atoms with Gasteiger partial charge in [-0.2, -0.15) is 0 Å². The zero-order chi connectivity index (χ0) is 14.8. The van der Waals surface area contributed by atoms with Crippen LogP contribution in [0.5, 0.6) is 5.75 Å². The Balaban J connectivity index is 2.01. The number of rotatable bonds is 5. The molecular weight excluding hydrogens is 260 g/mol. The van der Waals surface area contributed by atoms with Gasteiger partial charge in [0, 0.05) is 18.2 Å². The summed E-state index contributed by atoms with van der Waals surface area (Å²) in [7, 11) is 0. The lowest BCUT2D eigenvalue weighted by atomic mass is 9.66. The second-order valence-corrected chi connectivity index (χ2v) is 5.32. The van der Waals surface area contributed by atoms with Gasteiger partial charge in [0.2, 0.25) is 5.91 Å². The molecule has 0 saturated heterocycles. The first-order valence-electron chi connectivity index (χ1n) is 6.52. The second kappa shape index (κ2) is 5.50. The molecule has 6 nitrogen and oxygen atoms in total. The van der Waals surface area contributed by atoms with Crippen molar-refractivity contribution in [2.24, 2.45) is 11.1 Å². The quantitative estimate of drug-likeness (QED) is 0.652. The summed E-state index contributed by atoms with van der Waals surface area (Å²) in [6.45, 7) is 0.490. The molecule has 1 fully saturated rings. The average Bonchev–Trinajstić information content (AvgIpc) is 2.33. The predicted molar refractivity (Wildman–Crippen MR) is 73.7 cm³/mol. The van der Waals surface area contributed by atoms with Crippen LogP contribution in [0.3, 0.4) is 0 Å². The van der Waals surface area contributed by atoms with Crippen LogP contribution in [0.4, 0.5) is 5.69 Å². The summed E-state index contributed by atoms with van der Waals surface area (Å²) in [6, 6.07) is 3.95. The summed E-state index contributed by atoms with van der Waals surface area (Å²) in [5.74, 6) is -1.75. The van der Waals surface area contributed by atoms with Crippen molar-refractivity contribution >= 4 is 17.6 Å². The Labute approximate surface area is 116 Å². The third-order valence-electron chi connectivity index (χ3n) is 3.89. The van der Waals surface area contributed by atoms with Gasteiger partial charge in [-0.3, -0.25) is 4.79 Å². The van der Waals surface area contributed by atoms with Crippen molar-refractivity contribution in [3.8, 4) is 5.75 Å². The Kier molecular flexibility index (Phi) is 3.94. The van der Waals surface area contributed by atoms with Gasteiger partial charge >= 0.3 is 5.97 Å². The lowest BCUT2D eigenvalue weighted by molar-refractivity contribution is -0.119. The third kappa shape index (κ3) is 2.91. The van der Waals surface area contributed by atoms with Crippen molar-refractivity contribution in [1.82, 2.24) is 0 Å². The smallest absolute Gasteiger partial charge is 0.339 e. The van der Waals surface area contributed by atoms with E-state index in [1.807, 2.05) is 0 Å². The molecule has 0 bridgehead atoms. The molecule has 1 saturated carbocycles. The molecule has 20 heavy (non-hydrogen) atoms. The van der Waals surface area contributed by atoms with Gasteiger partial charge in [0.15, 0.2) is 0 Å². The first kappa shape index (κ1) is 14.3. The molecule has 0 heterocycles. The molecule has 5 N–H and O–H groups in total. The van der Waals surface area contributed by atoms with E-state index in [0.717, 1.165) is 19.3 Å². The van der Waals surface area contributed by atoms with Crippen LogP contribution in [-0.4, -0.2) is 28.6 Å². The standard InChI is InChI=1S/C14H18N2O4/c15-8-14(4-1-5-14)7-12(18)16-9-2-3-10(13(19)20)11(17)6-9/h2-3,6,17H,1,4-5,7-8,15H2,(H,16,18)(H,19,20). The topological polar surface area (TPSA) is 113 Å². The first-order valence-corrected chi connectivity index (χ1v) is 6.52. The van der Waals surface area contributed by atoms with E-state index in [2.05, 4.69) is 5.32 Å². The fraction of sp³-hybridized carbons (Fsp3) is 0.429. The van der Waals surface area contributed by atoms with E-state index < -0.39 is 5.97 Å². The lowest BCUT2D eigenvalue weighted by Crippen LogP contribution is -2.40. The van der Waals surface area contributed by atoms with Crippen LogP contribution < -0.4 is 11.1 Å². The SMILES string of the molecule is NCC1(CC(=O)Nc2ccc(C(=O)O)c(O)c2)CCC1. The zero-order valence-corrected chi connectivity index (χ0v) is 11.1. The van der Waals surface area contributed by atoms with Gasteiger partial charge in [-0.05, 0) is 36.9 Å².